The number of nitrogens with one attached hydrogen (secondary N) is 2. The lowest BCUT2D eigenvalue weighted by atomic mass is 10.0. The summed E-state index contributed by atoms with van der Waals surface area (Å²) in [7, 11) is 1.47. The lowest BCUT2D eigenvalue weighted by molar-refractivity contribution is 0.0816. The van der Waals surface area contributed by atoms with Crippen LogP contribution in [-0.4, -0.2) is 94.5 Å². The number of hydrogen-bond donors (Lipinski definition) is 2. The van der Waals surface area contributed by atoms with Crippen molar-refractivity contribution in [1.29, 1.82) is 0 Å². The number of anilines is 1. The summed E-state index contributed by atoms with van der Waals surface area (Å²) in [6.07, 6.45) is 1.92. The summed E-state index contributed by atoms with van der Waals surface area (Å²) in [6.45, 7) is 19.2. The molecule has 0 radical (unpaired) electrons. The molecular formula is C43H63N7O5Si2. The number of imidazole rings is 1. The van der Waals surface area contributed by atoms with Crippen LogP contribution in [0.4, 0.5) is 10.5 Å². The summed E-state index contributed by atoms with van der Waals surface area (Å²) in [5.41, 5.74) is 7.11. The molecule has 3 aromatic carbocycles. The Bertz CT molecular complexity index is 2100. The lowest BCUT2D eigenvalue weighted by Gasteiger charge is -2.16. The van der Waals surface area contributed by atoms with Crippen molar-refractivity contribution in [2.24, 2.45) is 0 Å². The number of benzene rings is 3. The average molecular weight is 814 g/mol. The summed E-state index contributed by atoms with van der Waals surface area (Å²) >= 11 is 0. The van der Waals surface area contributed by atoms with Crippen molar-refractivity contribution in [2.45, 2.75) is 91.0 Å². The van der Waals surface area contributed by atoms with Crippen LogP contribution >= 0.6 is 0 Å². The Morgan fingerprint density at radius 3 is 2.09 bits per heavy atom. The number of carbonyl (C=O) groups is 2. The van der Waals surface area contributed by atoms with Crippen molar-refractivity contribution in [1.82, 2.24) is 30.0 Å². The van der Waals surface area contributed by atoms with Crippen LogP contribution in [0.15, 0.2) is 60.7 Å². The van der Waals surface area contributed by atoms with Crippen LogP contribution in [0.2, 0.25) is 51.4 Å². The van der Waals surface area contributed by atoms with Crippen molar-refractivity contribution in [2.75, 3.05) is 51.9 Å². The van der Waals surface area contributed by atoms with Gasteiger partial charge in [-0.3, -0.25) is 9.36 Å². The second-order valence-corrected chi connectivity index (χ2v) is 28.6. The van der Waals surface area contributed by atoms with Gasteiger partial charge in [-0.05, 0) is 78.5 Å². The molecule has 0 fully saturated rings. The van der Waals surface area contributed by atoms with Crippen molar-refractivity contribution < 1.29 is 23.8 Å². The fourth-order valence-electron chi connectivity index (χ4n) is 6.16. The van der Waals surface area contributed by atoms with E-state index in [0.29, 0.717) is 63.1 Å². The molecule has 2 heterocycles. The first-order chi connectivity index (χ1) is 27.1. The number of hydrogen-bond acceptors (Lipinski definition) is 8. The Morgan fingerprint density at radius 1 is 0.754 bits per heavy atom. The van der Waals surface area contributed by atoms with E-state index in [-0.39, 0.29) is 12.6 Å². The summed E-state index contributed by atoms with van der Waals surface area (Å²) in [5, 5.41) is 11.7. The van der Waals surface area contributed by atoms with Gasteiger partial charge in [-0.15, -0.1) is 0 Å². The van der Waals surface area contributed by atoms with E-state index < -0.39 is 22.2 Å². The van der Waals surface area contributed by atoms with E-state index in [0.717, 1.165) is 63.7 Å². The molecule has 14 heteroatoms. The largest absolute Gasteiger partial charge is 0.450 e. The molecule has 0 spiro atoms. The van der Waals surface area contributed by atoms with Gasteiger partial charge >= 0.3 is 6.09 Å². The van der Waals surface area contributed by atoms with Gasteiger partial charge in [0.1, 0.15) is 19.2 Å². The van der Waals surface area contributed by atoms with Crippen molar-refractivity contribution in [3.63, 3.8) is 0 Å². The second kappa shape index (κ2) is 19.8. The highest BCUT2D eigenvalue weighted by Gasteiger charge is 2.23. The molecule has 5 rings (SSSR count). The fourth-order valence-corrected chi connectivity index (χ4v) is 7.67. The highest BCUT2D eigenvalue weighted by Crippen LogP contribution is 2.34. The summed E-state index contributed by atoms with van der Waals surface area (Å²) in [5.74, 6) is 0.457. The summed E-state index contributed by atoms with van der Waals surface area (Å²) in [4.78, 5) is 32.7. The molecule has 2 amide bonds. The normalized spacial score (nSPS) is 12.0. The molecule has 308 valence electrons. The van der Waals surface area contributed by atoms with Crippen LogP contribution in [0, 0.1) is 0 Å². The third kappa shape index (κ3) is 12.5. The predicted molar refractivity (Wildman–Crippen MR) is 238 cm³/mol. The van der Waals surface area contributed by atoms with Crippen LogP contribution < -0.4 is 15.5 Å². The van der Waals surface area contributed by atoms with E-state index in [1.807, 2.05) is 43.9 Å². The highest BCUT2D eigenvalue weighted by atomic mass is 28.3. The van der Waals surface area contributed by atoms with Crippen LogP contribution in [0.5, 0.6) is 0 Å². The Morgan fingerprint density at radius 2 is 1.42 bits per heavy atom. The molecule has 2 aromatic heterocycles. The average Bonchev–Trinajstić information content (AvgIpc) is 3.71. The topological polar surface area (TPSA) is 125 Å². The molecule has 0 aliphatic rings. The van der Waals surface area contributed by atoms with Crippen molar-refractivity contribution >= 4 is 55.8 Å². The Labute approximate surface area is 340 Å². The Hall–Kier alpha value is -4.51. The lowest BCUT2D eigenvalue weighted by Crippen LogP contribution is -2.30. The molecule has 2 N–H and O–H groups in total. The van der Waals surface area contributed by atoms with E-state index >= 15 is 0 Å². The van der Waals surface area contributed by atoms with Gasteiger partial charge in [0.25, 0.3) is 5.91 Å². The number of carbonyl (C=O) groups excluding carboxylic acids is 2. The van der Waals surface area contributed by atoms with E-state index in [1.54, 1.807) is 0 Å². The molecule has 12 nitrogen and oxygen atoms in total. The fraction of sp³-hybridized carbons (Fsp3) is 0.488. The first kappa shape index (κ1) is 43.6. The van der Waals surface area contributed by atoms with Crippen LogP contribution in [-0.2, 0) is 27.7 Å². The number of nitrogens with zero attached hydrogens (tertiary/aromatic N) is 5. The Kier molecular flexibility index (Phi) is 15.1. The third-order valence-electron chi connectivity index (χ3n) is 9.76. The zero-order valence-electron chi connectivity index (χ0n) is 35.5. The van der Waals surface area contributed by atoms with Gasteiger partial charge in [-0.25, -0.2) is 14.5 Å². The van der Waals surface area contributed by atoms with E-state index in [4.69, 9.17) is 24.3 Å². The van der Waals surface area contributed by atoms with Gasteiger partial charge in [-0.1, -0.05) is 70.8 Å². The zero-order chi connectivity index (χ0) is 41.2. The molecule has 57 heavy (non-hydrogen) atoms. The maximum Gasteiger partial charge on any atom is 0.407 e. The Balaban J connectivity index is 1.49. The molecule has 5 aromatic rings. The van der Waals surface area contributed by atoms with Gasteiger partial charge in [-0.2, -0.15) is 5.10 Å². The molecule has 0 saturated heterocycles. The standard InChI is InChI=1S/C43H63N7O5Si2/c1-10-11-23-55-43(52)45-22-12-21-44-42(51)34-16-20-38-36(28-34)40(47-50(38)31-54-25-27-57(7,8)9)41-46-37-19-15-33(32-13-17-35(18-14-32)48(2)3)29-39(37)49(41)30-53-24-26-56(4,5)6/h13-20,28-29H,10-12,21-27,30-31H2,1-9H3,(H,44,51)(H,45,52). The monoisotopic (exact) mass is 813 g/mol. The van der Waals surface area contributed by atoms with Crippen LogP contribution in [0.25, 0.3) is 44.6 Å². The molecule has 0 bridgehead atoms. The number of fused-ring (bicyclic) bond motifs is 2. The molecule has 0 saturated carbocycles. The molecular weight excluding hydrogens is 751 g/mol. The summed E-state index contributed by atoms with van der Waals surface area (Å²) < 4.78 is 21.7. The van der Waals surface area contributed by atoms with Crippen LogP contribution in [0.3, 0.4) is 0 Å². The minimum atomic E-state index is -1.32. The first-order valence-electron chi connectivity index (χ1n) is 20.3. The van der Waals surface area contributed by atoms with Crippen molar-refractivity contribution in [3.05, 3.63) is 66.2 Å². The number of ether oxygens (including phenoxy) is 3. The van der Waals surface area contributed by atoms with Gasteiger partial charge in [0.05, 0.1) is 23.2 Å². The summed E-state index contributed by atoms with van der Waals surface area (Å²) in [6, 6.07) is 22.6. The third-order valence-corrected chi connectivity index (χ3v) is 13.2. The van der Waals surface area contributed by atoms with E-state index in [9.17, 15) is 9.59 Å². The minimum Gasteiger partial charge on any atom is -0.450 e. The number of aromatic nitrogens is 4. The van der Waals surface area contributed by atoms with Crippen molar-refractivity contribution in [3.8, 4) is 22.6 Å². The molecule has 0 aliphatic heterocycles. The number of alkyl carbamates (subject to hydrolysis) is 1. The zero-order valence-corrected chi connectivity index (χ0v) is 37.5. The predicted octanol–water partition coefficient (Wildman–Crippen LogP) is 9.06. The molecule has 0 atom stereocenters. The second-order valence-electron chi connectivity index (χ2n) is 17.3. The van der Waals surface area contributed by atoms with Crippen LogP contribution in [0.1, 0.15) is 36.5 Å². The maximum atomic E-state index is 13.5. The van der Waals surface area contributed by atoms with E-state index in [2.05, 4.69) is 102 Å². The quantitative estimate of drug-likeness (QED) is 0.0556. The first-order valence-corrected chi connectivity index (χ1v) is 27.7. The molecule has 0 aliphatic carbocycles. The number of unbranched alkanes of at least 4 members (excludes halogenated alkanes) is 1. The molecule has 0 unspecified atom stereocenters. The smallest absolute Gasteiger partial charge is 0.407 e. The number of amides is 2. The maximum absolute atomic E-state index is 13.5. The van der Waals surface area contributed by atoms with Gasteiger partial charge < -0.3 is 29.7 Å². The SMILES string of the molecule is CCCCOC(=O)NCCCNC(=O)c1ccc2c(c1)c(-c1nc3ccc(-c4ccc(N(C)C)cc4)cc3n1COCC[Si](C)(C)C)nn2COCC[Si](C)(C)C. The number of rotatable bonds is 21. The van der Waals surface area contributed by atoms with Gasteiger partial charge in [0.2, 0.25) is 0 Å². The minimum absolute atomic E-state index is 0.208. The van der Waals surface area contributed by atoms with E-state index in [1.165, 1.54) is 0 Å². The highest BCUT2D eigenvalue weighted by molar-refractivity contribution is 6.76. The van der Waals surface area contributed by atoms with Gasteiger partial charge in [0, 0.05) is 73.2 Å². The van der Waals surface area contributed by atoms with Gasteiger partial charge in [0.15, 0.2) is 5.82 Å².